The number of nitrogens with zero attached hydrogens (tertiary/aromatic N) is 1. The van der Waals surface area contributed by atoms with Gasteiger partial charge in [-0.05, 0) is 44.7 Å². The summed E-state index contributed by atoms with van der Waals surface area (Å²) in [5.74, 6) is -2.25. The van der Waals surface area contributed by atoms with Crippen LogP contribution >= 0.6 is 0 Å². The standard InChI is InChI=1S/C27H33N3O6/c1-27(2,3)36-25(34)22-15-14-21(19-12-8-5-9-13-19)30(22)23(31)17-28-26(35)29-20(16-24(32)33)18-10-6-4-7-11-18/h4-13,20-22H,14-17H2,1-3H3,(H,32,33)(H2,28,29,35)/p-1. The third-order valence-corrected chi connectivity index (χ3v) is 5.81. The maximum Gasteiger partial charge on any atom is 0.329 e. The lowest BCUT2D eigenvalue weighted by Gasteiger charge is -2.31. The Morgan fingerprint density at radius 3 is 2.19 bits per heavy atom. The monoisotopic (exact) mass is 494 g/mol. The molecule has 0 aromatic heterocycles. The Balaban J connectivity index is 1.71. The second-order valence-electron chi connectivity index (χ2n) is 9.72. The van der Waals surface area contributed by atoms with Crippen molar-refractivity contribution in [3.8, 4) is 0 Å². The number of carboxylic acids is 1. The molecule has 3 rings (SSSR count). The van der Waals surface area contributed by atoms with Crippen LogP contribution in [0.15, 0.2) is 60.7 Å². The Hall–Kier alpha value is -3.88. The van der Waals surface area contributed by atoms with Crippen LogP contribution in [0.1, 0.15) is 63.2 Å². The fourth-order valence-electron chi connectivity index (χ4n) is 4.32. The summed E-state index contributed by atoms with van der Waals surface area (Å²) in [6.45, 7) is 4.93. The van der Waals surface area contributed by atoms with E-state index in [-0.39, 0.29) is 12.6 Å². The number of rotatable bonds is 8. The Labute approximate surface area is 210 Å². The molecule has 3 amide bonds. The van der Waals surface area contributed by atoms with Gasteiger partial charge < -0.3 is 30.2 Å². The molecule has 36 heavy (non-hydrogen) atoms. The highest BCUT2D eigenvalue weighted by Crippen LogP contribution is 2.37. The smallest absolute Gasteiger partial charge is 0.329 e. The van der Waals surface area contributed by atoms with Gasteiger partial charge in [0.1, 0.15) is 11.6 Å². The highest BCUT2D eigenvalue weighted by atomic mass is 16.6. The zero-order valence-electron chi connectivity index (χ0n) is 20.7. The van der Waals surface area contributed by atoms with Crippen molar-refractivity contribution in [3.05, 3.63) is 71.8 Å². The van der Waals surface area contributed by atoms with Crippen molar-refractivity contribution in [1.82, 2.24) is 15.5 Å². The molecule has 0 spiro atoms. The van der Waals surface area contributed by atoms with Crippen LogP contribution in [-0.4, -0.2) is 47.0 Å². The Kier molecular flexibility index (Phi) is 8.68. The van der Waals surface area contributed by atoms with Gasteiger partial charge in [0.2, 0.25) is 5.91 Å². The molecule has 1 fully saturated rings. The van der Waals surface area contributed by atoms with E-state index in [1.165, 1.54) is 4.90 Å². The lowest BCUT2D eigenvalue weighted by Crippen LogP contribution is -2.49. The van der Waals surface area contributed by atoms with E-state index in [1.807, 2.05) is 30.3 Å². The molecule has 2 aromatic carbocycles. The lowest BCUT2D eigenvalue weighted by molar-refractivity contribution is -0.306. The lowest BCUT2D eigenvalue weighted by atomic mass is 10.0. The third kappa shape index (κ3) is 7.31. The van der Waals surface area contributed by atoms with E-state index in [1.54, 1.807) is 51.1 Å². The van der Waals surface area contributed by atoms with Gasteiger partial charge in [0.05, 0.1) is 18.6 Å². The van der Waals surface area contributed by atoms with Gasteiger partial charge in [-0.25, -0.2) is 9.59 Å². The minimum absolute atomic E-state index is 0.337. The fraction of sp³-hybridized carbons (Fsp3) is 0.407. The summed E-state index contributed by atoms with van der Waals surface area (Å²) in [4.78, 5) is 51.5. The van der Waals surface area contributed by atoms with E-state index in [0.29, 0.717) is 18.4 Å². The largest absolute Gasteiger partial charge is 0.550 e. The minimum atomic E-state index is -1.32. The molecule has 1 heterocycles. The van der Waals surface area contributed by atoms with E-state index in [0.717, 1.165) is 5.56 Å². The summed E-state index contributed by atoms with van der Waals surface area (Å²) in [6, 6.07) is 15.4. The van der Waals surface area contributed by atoms with E-state index >= 15 is 0 Å². The minimum Gasteiger partial charge on any atom is -0.550 e. The van der Waals surface area contributed by atoms with E-state index < -0.39 is 48.0 Å². The van der Waals surface area contributed by atoms with Crippen molar-refractivity contribution in [2.24, 2.45) is 0 Å². The number of benzene rings is 2. The van der Waals surface area contributed by atoms with Gasteiger partial charge in [0.15, 0.2) is 0 Å². The summed E-state index contributed by atoms with van der Waals surface area (Å²) in [6.07, 6.45) is 0.593. The van der Waals surface area contributed by atoms with Gasteiger partial charge >= 0.3 is 12.0 Å². The van der Waals surface area contributed by atoms with Crippen molar-refractivity contribution < 1.29 is 29.0 Å². The van der Waals surface area contributed by atoms with Gasteiger partial charge in [0, 0.05) is 12.4 Å². The number of hydrogen-bond donors (Lipinski definition) is 2. The van der Waals surface area contributed by atoms with Crippen LogP contribution in [0, 0.1) is 0 Å². The zero-order valence-corrected chi connectivity index (χ0v) is 20.7. The molecule has 0 aliphatic carbocycles. The fourth-order valence-corrected chi connectivity index (χ4v) is 4.32. The molecule has 0 radical (unpaired) electrons. The van der Waals surface area contributed by atoms with Crippen molar-refractivity contribution >= 4 is 23.9 Å². The first-order valence-electron chi connectivity index (χ1n) is 11.9. The van der Waals surface area contributed by atoms with Gasteiger partial charge in [-0.15, -0.1) is 0 Å². The molecule has 3 atom stereocenters. The number of likely N-dealkylation sites (tertiary alicyclic amines) is 1. The number of amides is 3. The van der Waals surface area contributed by atoms with Crippen LogP contribution in [-0.2, 0) is 19.1 Å². The predicted molar refractivity (Wildman–Crippen MR) is 130 cm³/mol. The quantitative estimate of drug-likeness (QED) is 0.542. The van der Waals surface area contributed by atoms with E-state index in [2.05, 4.69) is 10.6 Å². The van der Waals surface area contributed by atoms with Gasteiger partial charge in [-0.3, -0.25) is 4.79 Å². The molecule has 1 aliphatic heterocycles. The first-order chi connectivity index (χ1) is 17.0. The summed E-state index contributed by atoms with van der Waals surface area (Å²) in [7, 11) is 0. The summed E-state index contributed by atoms with van der Waals surface area (Å²) in [5, 5.41) is 16.3. The first-order valence-corrected chi connectivity index (χ1v) is 11.9. The Bertz CT molecular complexity index is 1070. The van der Waals surface area contributed by atoms with Crippen molar-refractivity contribution in [1.29, 1.82) is 0 Å². The van der Waals surface area contributed by atoms with Crippen LogP contribution < -0.4 is 15.7 Å². The number of carboxylic acid groups (broad SMARTS) is 1. The Morgan fingerprint density at radius 1 is 1.00 bits per heavy atom. The number of esters is 1. The number of hydrogen-bond acceptors (Lipinski definition) is 6. The predicted octanol–water partition coefficient (Wildman–Crippen LogP) is 2.24. The topological polar surface area (TPSA) is 128 Å². The van der Waals surface area contributed by atoms with Crippen molar-refractivity contribution in [2.75, 3.05) is 6.54 Å². The highest BCUT2D eigenvalue weighted by molar-refractivity contribution is 5.89. The molecule has 9 heteroatoms. The van der Waals surface area contributed by atoms with Gasteiger partial charge in [0.25, 0.3) is 0 Å². The Morgan fingerprint density at radius 2 is 1.61 bits per heavy atom. The average molecular weight is 495 g/mol. The van der Waals surface area contributed by atoms with Crippen molar-refractivity contribution in [3.63, 3.8) is 0 Å². The number of nitrogens with one attached hydrogen (secondary N) is 2. The average Bonchev–Trinajstić information content (AvgIpc) is 3.27. The van der Waals surface area contributed by atoms with Crippen LogP contribution in [0.2, 0.25) is 0 Å². The van der Waals surface area contributed by atoms with Crippen LogP contribution in [0.5, 0.6) is 0 Å². The molecular weight excluding hydrogens is 462 g/mol. The molecule has 9 nitrogen and oxygen atoms in total. The molecule has 2 N–H and O–H groups in total. The van der Waals surface area contributed by atoms with E-state index in [9.17, 15) is 24.3 Å². The number of urea groups is 1. The maximum atomic E-state index is 13.3. The van der Waals surface area contributed by atoms with Crippen LogP contribution in [0.4, 0.5) is 4.79 Å². The van der Waals surface area contributed by atoms with Gasteiger partial charge in [-0.1, -0.05) is 60.7 Å². The second-order valence-corrected chi connectivity index (χ2v) is 9.72. The molecule has 0 bridgehead atoms. The number of carbonyl (C=O) groups excluding carboxylic acids is 4. The van der Waals surface area contributed by atoms with Gasteiger partial charge in [-0.2, -0.15) is 0 Å². The zero-order chi connectivity index (χ0) is 26.3. The number of carbonyl (C=O) groups is 4. The molecule has 1 saturated heterocycles. The summed E-state index contributed by atoms with van der Waals surface area (Å²) < 4.78 is 5.56. The first kappa shape index (κ1) is 26.7. The van der Waals surface area contributed by atoms with Crippen molar-refractivity contribution in [2.45, 2.75) is 63.8 Å². The summed E-state index contributed by atoms with van der Waals surface area (Å²) >= 11 is 0. The number of ether oxygens (including phenoxy) is 1. The van der Waals surface area contributed by atoms with Crippen LogP contribution in [0.25, 0.3) is 0 Å². The maximum absolute atomic E-state index is 13.3. The molecule has 1 aliphatic rings. The second kappa shape index (κ2) is 11.7. The molecular formula is C27H32N3O6-. The molecule has 0 saturated carbocycles. The van der Waals surface area contributed by atoms with E-state index in [4.69, 9.17) is 4.74 Å². The van der Waals surface area contributed by atoms with Crippen LogP contribution in [0.3, 0.4) is 0 Å². The molecule has 192 valence electrons. The number of aliphatic carboxylic acids is 1. The summed E-state index contributed by atoms with van der Waals surface area (Å²) in [5.41, 5.74) is 0.775. The third-order valence-electron chi connectivity index (χ3n) is 5.81. The molecule has 2 aromatic rings. The molecule has 3 unspecified atom stereocenters. The SMILES string of the molecule is CC(C)(C)OC(=O)C1CCC(c2ccccc2)N1C(=O)CNC(=O)NC(CC(=O)[O-])c1ccccc1. The highest BCUT2D eigenvalue weighted by Gasteiger charge is 2.43. The normalized spacial score (nSPS) is 18.2.